The van der Waals surface area contributed by atoms with Gasteiger partial charge in [-0.25, -0.2) is 4.98 Å². The number of hydrogen-bond donors (Lipinski definition) is 1. The Labute approximate surface area is 105 Å². The van der Waals surface area contributed by atoms with E-state index in [1.165, 1.54) is 5.56 Å². The molecule has 1 N–H and O–H groups in total. The molecule has 2 rings (SSSR count). The van der Waals surface area contributed by atoms with Gasteiger partial charge in [0.05, 0.1) is 11.4 Å². The number of hydrogen-bond acceptors (Lipinski definition) is 5. The van der Waals surface area contributed by atoms with Crippen molar-refractivity contribution in [1.82, 2.24) is 15.2 Å². The highest BCUT2D eigenvalue weighted by Crippen LogP contribution is 2.10. The van der Waals surface area contributed by atoms with E-state index in [4.69, 9.17) is 0 Å². The Morgan fingerprint density at radius 1 is 1.18 bits per heavy atom. The molecule has 2 aromatic heterocycles. The van der Waals surface area contributed by atoms with E-state index in [1.807, 2.05) is 0 Å². The highest BCUT2D eigenvalue weighted by Gasteiger charge is 2.05. The van der Waals surface area contributed by atoms with Crippen molar-refractivity contribution in [2.24, 2.45) is 0 Å². The van der Waals surface area contributed by atoms with Gasteiger partial charge in [-0.2, -0.15) is 16.4 Å². The third kappa shape index (κ3) is 3.00. The van der Waals surface area contributed by atoms with Gasteiger partial charge in [0.25, 0.3) is 0 Å². The Hall–Kier alpha value is -1.49. The van der Waals surface area contributed by atoms with Crippen molar-refractivity contribution >= 4 is 17.3 Å². The predicted molar refractivity (Wildman–Crippen MR) is 70.2 cm³/mol. The van der Waals surface area contributed by atoms with E-state index in [-0.39, 0.29) is 0 Å². The summed E-state index contributed by atoms with van der Waals surface area (Å²) in [5.74, 6) is 0.616. The maximum Gasteiger partial charge on any atom is 0.243 e. The maximum atomic E-state index is 4.48. The highest BCUT2D eigenvalue weighted by atomic mass is 32.1. The van der Waals surface area contributed by atoms with Crippen molar-refractivity contribution in [3.63, 3.8) is 0 Å². The zero-order valence-electron chi connectivity index (χ0n) is 10.1. The molecule has 0 unspecified atom stereocenters. The molecule has 0 aromatic carbocycles. The number of rotatable bonds is 5. The van der Waals surface area contributed by atoms with Crippen molar-refractivity contribution in [2.45, 2.75) is 33.2 Å². The summed E-state index contributed by atoms with van der Waals surface area (Å²) in [5, 5.41) is 15.7. The first kappa shape index (κ1) is 12.0. The quantitative estimate of drug-likeness (QED) is 0.884. The number of thiophene rings is 1. The largest absolute Gasteiger partial charge is 0.349 e. The van der Waals surface area contributed by atoms with E-state index in [0.717, 1.165) is 30.8 Å². The summed E-state index contributed by atoms with van der Waals surface area (Å²) >= 11 is 1.69. The van der Waals surface area contributed by atoms with Gasteiger partial charge in [-0.3, -0.25) is 0 Å². The Balaban J connectivity index is 2.06. The summed E-state index contributed by atoms with van der Waals surface area (Å²) in [5.41, 5.74) is 3.28. The molecule has 0 fully saturated rings. The van der Waals surface area contributed by atoms with Crippen LogP contribution in [0.1, 0.15) is 30.8 Å². The molecule has 2 heterocycles. The van der Waals surface area contributed by atoms with Crippen molar-refractivity contribution in [1.29, 1.82) is 0 Å². The van der Waals surface area contributed by atoms with Gasteiger partial charge in [-0.15, -0.1) is 5.10 Å². The summed E-state index contributed by atoms with van der Waals surface area (Å²) < 4.78 is 0. The summed E-state index contributed by atoms with van der Waals surface area (Å²) in [4.78, 5) is 4.48. The number of nitrogens with one attached hydrogen (secondary N) is 1. The first-order chi connectivity index (χ1) is 8.33. The molecular formula is C12H16N4S. The molecule has 0 aliphatic heterocycles. The molecule has 0 amide bonds. The molecule has 2 aromatic rings. The fraction of sp³-hybridized carbons (Fsp3) is 0.417. The standard InChI is InChI=1S/C12H16N4S/c1-3-10-11(4-2)15-16-12(14-10)13-7-9-5-6-17-8-9/h5-6,8H,3-4,7H2,1-2H3,(H,13,14,16). The number of nitrogens with zero attached hydrogens (tertiary/aromatic N) is 3. The van der Waals surface area contributed by atoms with E-state index in [2.05, 4.69) is 51.2 Å². The van der Waals surface area contributed by atoms with Crippen LogP contribution in [0.5, 0.6) is 0 Å². The van der Waals surface area contributed by atoms with Crippen LogP contribution in [0.15, 0.2) is 16.8 Å². The minimum absolute atomic E-state index is 0.616. The van der Waals surface area contributed by atoms with Crippen LogP contribution in [0.2, 0.25) is 0 Å². The van der Waals surface area contributed by atoms with Crippen molar-refractivity contribution < 1.29 is 0 Å². The molecular weight excluding hydrogens is 232 g/mol. The second-order valence-corrected chi connectivity index (χ2v) is 4.50. The van der Waals surface area contributed by atoms with Gasteiger partial charge < -0.3 is 5.32 Å². The van der Waals surface area contributed by atoms with Gasteiger partial charge >= 0.3 is 0 Å². The normalized spacial score (nSPS) is 10.5. The molecule has 17 heavy (non-hydrogen) atoms. The summed E-state index contributed by atoms with van der Waals surface area (Å²) in [6.45, 7) is 4.91. The van der Waals surface area contributed by atoms with Crippen LogP contribution >= 0.6 is 11.3 Å². The number of aromatic nitrogens is 3. The van der Waals surface area contributed by atoms with Gasteiger partial charge in [-0.05, 0) is 35.2 Å². The zero-order valence-corrected chi connectivity index (χ0v) is 10.9. The first-order valence-electron chi connectivity index (χ1n) is 5.80. The molecule has 0 bridgehead atoms. The van der Waals surface area contributed by atoms with Gasteiger partial charge in [0.15, 0.2) is 0 Å². The lowest BCUT2D eigenvalue weighted by atomic mass is 10.2. The van der Waals surface area contributed by atoms with Crippen LogP contribution in [-0.4, -0.2) is 15.2 Å². The van der Waals surface area contributed by atoms with Gasteiger partial charge in [0.2, 0.25) is 5.95 Å². The van der Waals surface area contributed by atoms with E-state index >= 15 is 0 Å². The number of anilines is 1. The predicted octanol–water partition coefficient (Wildman–Crippen LogP) is 2.67. The lowest BCUT2D eigenvalue weighted by Gasteiger charge is -2.06. The van der Waals surface area contributed by atoms with Crippen molar-refractivity contribution in [2.75, 3.05) is 5.32 Å². The Bertz CT molecular complexity index is 467. The Morgan fingerprint density at radius 2 is 2.00 bits per heavy atom. The lowest BCUT2D eigenvalue weighted by Crippen LogP contribution is -2.09. The first-order valence-corrected chi connectivity index (χ1v) is 6.75. The van der Waals surface area contributed by atoms with Crippen LogP contribution in [-0.2, 0) is 19.4 Å². The van der Waals surface area contributed by atoms with Crippen LogP contribution < -0.4 is 5.32 Å². The molecule has 0 aliphatic carbocycles. The summed E-state index contributed by atoms with van der Waals surface area (Å²) in [7, 11) is 0. The van der Waals surface area contributed by atoms with E-state index in [0.29, 0.717) is 5.95 Å². The molecule has 90 valence electrons. The van der Waals surface area contributed by atoms with Gasteiger partial charge in [0.1, 0.15) is 0 Å². The van der Waals surface area contributed by atoms with E-state index in [9.17, 15) is 0 Å². The molecule has 0 aliphatic rings. The summed E-state index contributed by atoms with van der Waals surface area (Å²) in [6, 6.07) is 2.09. The van der Waals surface area contributed by atoms with E-state index in [1.54, 1.807) is 11.3 Å². The van der Waals surface area contributed by atoms with Crippen LogP contribution in [0, 0.1) is 0 Å². The molecule has 0 spiro atoms. The van der Waals surface area contributed by atoms with Crippen LogP contribution in [0.25, 0.3) is 0 Å². The third-order valence-corrected chi connectivity index (χ3v) is 3.27. The van der Waals surface area contributed by atoms with E-state index < -0.39 is 0 Å². The monoisotopic (exact) mass is 248 g/mol. The topological polar surface area (TPSA) is 50.7 Å². The second-order valence-electron chi connectivity index (χ2n) is 3.72. The Morgan fingerprint density at radius 3 is 2.65 bits per heavy atom. The molecule has 0 saturated heterocycles. The fourth-order valence-corrected chi connectivity index (χ4v) is 2.26. The maximum absolute atomic E-state index is 4.48. The minimum Gasteiger partial charge on any atom is -0.349 e. The average Bonchev–Trinajstić information content (AvgIpc) is 2.89. The smallest absolute Gasteiger partial charge is 0.243 e. The molecule has 5 heteroatoms. The molecule has 0 atom stereocenters. The van der Waals surface area contributed by atoms with Gasteiger partial charge in [-0.1, -0.05) is 13.8 Å². The lowest BCUT2D eigenvalue weighted by molar-refractivity contribution is 0.820. The molecule has 0 saturated carbocycles. The highest BCUT2D eigenvalue weighted by molar-refractivity contribution is 7.07. The summed E-state index contributed by atoms with van der Waals surface area (Å²) in [6.07, 6.45) is 1.78. The average molecular weight is 248 g/mol. The van der Waals surface area contributed by atoms with Crippen molar-refractivity contribution in [3.8, 4) is 0 Å². The zero-order chi connectivity index (χ0) is 12.1. The minimum atomic E-state index is 0.616. The van der Waals surface area contributed by atoms with Crippen molar-refractivity contribution in [3.05, 3.63) is 33.8 Å². The Kier molecular flexibility index (Phi) is 4.03. The van der Waals surface area contributed by atoms with Gasteiger partial charge in [0, 0.05) is 6.54 Å². The van der Waals surface area contributed by atoms with Crippen LogP contribution in [0.4, 0.5) is 5.95 Å². The SMILES string of the molecule is CCc1nnc(NCc2ccsc2)nc1CC. The molecule has 0 radical (unpaired) electrons. The fourth-order valence-electron chi connectivity index (χ4n) is 1.59. The second kappa shape index (κ2) is 5.72. The molecule has 4 nitrogen and oxygen atoms in total. The van der Waals surface area contributed by atoms with Crippen LogP contribution in [0.3, 0.4) is 0 Å². The number of aryl methyl sites for hydroxylation is 2. The third-order valence-electron chi connectivity index (χ3n) is 2.54.